The van der Waals surface area contributed by atoms with E-state index in [9.17, 15) is 14.4 Å². The summed E-state index contributed by atoms with van der Waals surface area (Å²) in [5.74, 6) is -0.791. The average Bonchev–Trinajstić information content (AvgIpc) is 3.27. The average molecular weight is 433 g/mol. The van der Waals surface area contributed by atoms with Gasteiger partial charge in [0.1, 0.15) is 0 Å². The molecule has 10 heteroatoms. The van der Waals surface area contributed by atoms with E-state index in [0.29, 0.717) is 29.3 Å². The van der Waals surface area contributed by atoms with E-state index in [1.807, 2.05) is 18.5 Å². The van der Waals surface area contributed by atoms with Crippen molar-refractivity contribution in [3.8, 4) is 0 Å². The molecule has 0 spiro atoms. The highest BCUT2D eigenvalue weighted by Gasteiger charge is 2.27. The molecule has 3 heterocycles. The largest absolute Gasteiger partial charge is 0.466 e. The van der Waals surface area contributed by atoms with E-state index in [-0.39, 0.29) is 24.3 Å². The number of carbonyl (C=O) groups excluding carboxylic acids is 3. The Hall–Kier alpha value is -2.88. The normalized spacial score (nSPS) is 15.4. The third-order valence-electron chi connectivity index (χ3n) is 4.58. The fourth-order valence-electron chi connectivity index (χ4n) is 3.04. The predicted octanol–water partition coefficient (Wildman–Crippen LogP) is 2.46. The van der Waals surface area contributed by atoms with Crippen LogP contribution in [-0.2, 0) is 19.1 Å². The number of fused-ring (bicyclic) bond motifs is 1. The SMILES string of the molecule is COC(=O)/C=C1/SCC(=O)N1CCCOC(=O)c1cc2cnn(C(C)C)c2nc1C. The lowest BCUT2D eigenvalue weighted by Gasteiger charge is -2.16. The lowest BCUT2D eigenvalue weighted by atomic mass is 10.2. The van der Waals surface area contributed by atoms with Crippen LogP contribution < -0.4 is 0 Å². The third kappa shape index (κ3) is 4.64. The van der Waals surface area contributed by atoms with Crippen molar-refractivity contribution in [3.05, 3.63) is 34.6 Å². The van der Waals surface area contributed by atoms with Crippen molar-refractivity contribution >= 4 is 40.6 Å². The number of esters is 2. The molecule has 1 saturated heterocycles. The van der Waals surface area contributed by atoms with Gasteiger partial charge in [-0.05, 0) is 33.3 Å². The van der Waals surface area contributed by atoms with Crippen molar-refractivity contribution in [2.45, 2.75) is 33.2 Å². The van der Waals surface area contributed by atoms with E-state index in [1.165, 1.54) is 29.8 Å². The number of amides is 1. The van der Waals surface area contributed by atoms with Crippen molar-refractivity contribution in [1.29, 1.82) is 0 Å². The molecule has 2 aromatic rings. The highest BCUT2D eigenvalue weighted by Crippen LogP contribution is 2.29. The van der Waals surface area contributed by atoms with Crippen molar-refractivity contribution in [2.24, 2.45) is 0 Å². The molecule has 2 aromatic heterocycles. The Morgan fingerprint density at radius 2 is 2.13 bits per heavy atom. The number of aryl methyl sites for hydroxylation is 1. The molecule has 30 heavy (non-hydrogen) atoms. The monoisotopic (exact) mass is 432 g/mol. The second-order valence-electron chi connectivity index (χ2n) is 7.05. The van der Waals surface area contributed by atoms with Gasteiger partial charge in [-0.25, -0.2) is 19.3 Å². The Labute approximate surface area is 178 Å². The highest BCUT2D eigenvalue weighted by atomic mass is 32.2. The van der Waals surface area contributed by atoms with Gasteiger partial charge in [0.25, 0.3) is 0 Å². The molecule has 0 bridgehead atoms. The quantitative estimate of drug-likeness (QED) is 0.373. The fourth-order valence-corrected chi connectivity index (χ4v) is 4.00. The molecule has 0 unspecified atom stereocenters. The minimum atomic E-state index is -0.511. The number of hydrogen-bond acceptors (Lipinski definition) is 8. The summed E-state index contributed by atoms with van der Waals surface area (Å²) in [6.07, 6.45) is 3.42. The van der Waals surface area contributed by atoms with Gasteiger partial charge in [0, 0.05) is 18.0 Å². The van der Waals surface area contributed by atoms with Crippen LogP contribution >= 0.6 is 11.8 Å². The number of hydrogen-bond donors (Lipinski definition) is 0. The molecular formula is C20H24N4O5S. The van der Waals surface area contributed by atoms with Crippen molar-refractivity contribution in [3.63, 3.8) is 0 Å². The standard InChI is InChI=1S/C20H24N4O5S/c1-12(2)24-19-14(10-21-24)8-15(13(3)22-19)20(27)29-7-5-6-23-16(25)11-30-17(23)9-18(26)28-4/h8-10,12H,5-7,11H2,1-4H3/b17-9+. The number of rotatable bonds is 7. The second kappa shape index (κ2) is 9.29. The molecule has 9 nitrogen and oxygen atoms in total. The topological polar surface area (TPSA) is 104 Å². The number of thioether (sulfide) groups is 1. The van der Waals surface area contributed by atoms with Crippen molar-refractivity contribution < 1.29 is 23.9 Å². The first-order valence-electron chi connectivity index (χ1n) is 9.56. The van der Waals surface area contributed by atoms with Crippen molar-refractivity contribution in [1.82, 2.24) is 19.7 Å². The van der Waals surface area contributed by atoms with Crippen LogP contribution in [0.5, 0.6) is 0 Å². The van der Waals surface area contributed by atoms with E-state index in [0.717, 1.165) is 11.0 Å². The Morgan fingerprint density at radius 3 is 2.83 bits per heavy atom. The van der Waals surface area contributed by atoms with Crippen LogP contribution in [0.4, 0.5) is 0 Å². The summed E-state index contributed by atoms with van der Waals surface area (Å²) in [5.41, 5.74) is 1.70. The van der Waals surface area contributed by atoms with Gasteiger partial charge in [-0.1, -0.05) is 11.8 Å². The lowest BCUT2D eigenvalue weighted by Crippen LogP contribution is -2.27. The number of carbonyl (C=O) groups is 3. The smallest absolute Gasteiger partial charge is 0.340 e. The van der Waals surface area contributed by atoms with Crippen LogP contribution in [-0.4, -0.2) is 63.5 Å². The van der Waals surface area contributed by atoms with Gasteiger partial charge in [0.05, 0.1) is 48.0 Å². The van der Waals surface area contributed by atoms with E-state index < -0.39 is 11.9 Å². The first-order valence-corrected chi connectivity index (χ1v) is 10.5. The number of pyridine rings is 1. The number of methoxy groups -OCH3 is 1. The van der Waals surface area contributed by atoms with Gasteiger partial charge in [0.15, 0.2) is 5.65 Å². The third-order valence-corrected chi connectivity index (χ3v) is 5.61. The molecule has 3 rings (SSSR count). The van der Waals surface area contributed by atoms with Crippen LogP contribution in [0, 0.1) is 6.92 Å². The summed E-state index contributed by atoms with van der Waals surface area (Å²) in [6.45, 7) is 6.28. The van der Waals surface area contributed by atoms with Gasteiger partial charge in [0.2, 0.25) is 5.91 Å². The minimum Gasteiger partial charge on any atom is -0.466 e. The molecule has 0 aromatic carbocycles. The molecule has 0 atom stereocenters. The van der Waals surface area contributed by atoms with Gasteiger partial charge in [-0.3, -0.25) is 4.79 Å². The number of nitrogens with zero attached hydrogens (tertiary/aromatic N) is 4. The van der Waals surface area contributed by atoms with Crippen LogP contribution in [0.2, 0.25) is 0 Å². The molecule has 0 saturated carbocycles. The van der Waals surface area contributed by atoms with Crippen LogP contribution in [0.15, 0.2) is 23.4 Å². The first kappa shape index (κ1) is 21.8. The summed E-state index contributed by atoms with van der Waals surface area (Å²) < 4.78 is 11.8. The van der Waals surface area contributed by atoms with Crippen LogP contribution in [0.3, 0.4) is 0 Å². The zero-order chi connectivity index (χ0) is 21.8. The van der Waals surface area contributed by atoms with Crippen LogP contribution in [0.1, 0.15) is 42.4 Å². The Balaban J connectivity index is 1.59. The predicted molar refractivity (Wildman–Crippen MR) is 112 cm³/mol. The molecule has 1 fully saturated rings. The summed E-state index contributed by atoms with van der Waals surface area (Å²) >= 11 is 1.28. The zero-order valence-electron chi connectivity index (χ0n) is 17.4. The van der Waals surface area contributed by atoms with Gasteiger partial charge < -0.3 is 14.4 Å². The summed E-state index contributed by atoms with van der Waals surface area (Å²) in [7, 11) is 1.28. The lowest BCUT2D eigenvalue weighted by molar-refractivity contribution is -0.134. The Kier molecular flexibility index (Phi) is 6.76. The second-order valence-corrected chi connectivity index (χ2v) is 8.04. The highest BCUT2D eigenvalue weighted by molar-refractivity contribution is 8.04. The van der Waals surface area contributed by atoms with E-state index in [1.54, 1.807) is 19.2 Å². The molecule has 1 aliphatic rings. The van der Waals surface area contributed by atoms with E-state index in [4.69, 9.17) is 4.74 Å². The molecular weight excluding hydrogens is 408 g/mol. The maximum Gasteiger partial charge on any atom is 0.340 e. The first-order chi connectivity index (χ1) is 14.3. The Morgan fingerprint density at radius 1 is 1.37 bits per heavy atom. The zero-order valence-corrected chi connectivity index (χ0v) is 18.2. The number of ether oxygens (including phenoxy) is 2. The van der Waals surface area contributed by atoms with Gasteiger partial charge >= 0.3 is 11.9 Å². The molecule has 1 aliphatic heterocycles. The molecule has 0 N–H and O–H groups in total. The summed E-state index contributed by atoms with van der Waals surface area (Å²) in [5, 5.41) is 5.64. The van der Waals surface area contributed by atoms with E-state index >= 15 is 0 Å². The molecule has 160 valence electrons. The maximum atomic E-state index is 12.5. The van der Waals surface area contributed by atoms with Crippen molar-refractivity contribution in [2.75, 3.05) is 26.0 Å². The fraction of sp³-hybridized carbons (Fsp3) is 0.450. The number of aromatic nitrogens is 3. The van der Waals surface area contributed by atoms with Crippen LogP contribution in [0.25, 0.3) is 11.0 Å². The molecule has 0 radical (unpaired) electrons. The summed E-state index contributed by atoms with van der Waals surface area (Å²) in [6, 6.07) is 1.90. The molecule has 0 aliphatic carbocycles. The minimum absolute atomic E-state index is 0.0888. The van der Waals surface area contributed by atoms with Gasteiger partial charge in [-0.2, -0.15) is 5.10 Å². The Bertz CT molecular complexity index is 1010. The van der Waals surface area contributed by atoms with Gasteiger partial charge in [-0.15, -0.1) is 0 Å². The summed E-state index contributed by atoms with van der Waals surface area (Å²) in [4.78, 5) is 42.0. The maximum absolute atomic E-state index is 12.5. The van der Waals surface area contributed by atoms with E-state index in [2.05, 4.69) is 14.8 Å². The molecule has 1 amide bonds.